The van der Waals surface area contributed by atoms with E-state index in [0.717, 1.165) is 18.4 Å². The molecule has 0 bridgehead atoms. The predicted molar refractivity (Wildman–Crippen MR) is 96.9 cm³/mol. The third-order valence-corrected chi connectivity index (χ3v) is 4.93. The summed E-state index contributed by atoms with van der Waals surface area (Å²) >= 11 is 1.64. The van der Waals surface area contributed by atoms with Crippen molar-refractivity contribution in [2.75, 3.05) is 0 Å². The van der Waals surface area contributed by atoms with Gasteiger partial charge in [0.25, 0.3) is 5.91 Å². The van der Waals surface area contributed by atoms with Crippen LogP contribution >= 0.6 is 11.3 Å². The fraction of sp³-hybridized carbons (Fsp3) is 0.263. The van der Waals surface area contributed by atoms with E-state index in [1.807, 2.05) is 30.5 Å². The van der Waals surface area contributed by atoms with E-state index in [4.69, 9.17) is 0 Å². The van der Waals surface area contributed by atoms with Crippen molar-refractivity contribution in [3.05, 3.63) is 63.4 Å². The third kappa shape index (κ3) is 4.55. The van der Waals surface area contributed by atoms with Crippen molar-refractivity contribution in [3.8, 4) is 0 Å². The molecule has 0 atom stereocenters. The first-order valence-corrected chi connectivity index (χ1v) is 8.89. The summed E-state index contributed by atoms with van der Waals surface area (Å²) in [6.45, 7) is 2.59. The lowest BCUT2D eigenvalue weighted by Gasteiger charge is -2.03. The molecule has 0 saturated heterocycles. The van der Waals surface area contributed by atoms with Crippen molar-refractivity contribution in [2.45, 2.75) is 32.4 Å². The smallest absolute Gasteiger partial charge is 0.251 e. The summed E-state index contributed by atoms with van der Waals surface area (Å²) in [6, 6.07) is 9.65. The van der Waals surface area contributed by atoms with E-state index in [-0.39, 0.29) is 11.8 Å². The highest BCUT2D eigenvalue weighted by Crippen LogP contribution is 2.19. The van der Waals surface area contributed by atoms with Crippen LogP contribution in [0.15, 0.2) is 41.8 Å². The SMILES string of the molecule is Cc1ccsc1CNC(=O)/C=C/c1ccc(C(=O)NC2CC2)cc1. The quantitative estimate of drug-likeness (QED) is 0.793. The second-order valence-corrected chi connectivity index (χ2v) is 6.95. The maximum atomic E-state index is 11.9. The number of hydrogen-bond acceptors (Lipinski definition) is 3. The van der Waals surface area contributed by atoms with Gasteiger partial charge in [0.2, 0.25) is 5.91 Å². The molecule has 1 aliphatic rings. The zero-order valence-corrected chi connectivity index (χ0v) is 14.4. The predicted octanol–water partition coefficient (Wildman–Crippen LogP) is 3.28. The molecule has 2 aromatic rings. The highest BCUT2D eigenvalue weighted by Gasteiger charge is 2.23. The molecule has 1 heterocycles. The summed E-state index contributed by atoms with van der Waals surface area (Å²) in [6.07, 6.45) is 5.42. The number of amides is 2. The number of rotatable bonds is 6. The molecule has 0 aliphatic heterocycles. The molecule has 4 nitrogen and oxygen atoms in total. The Bertz CT molecular complexity index is 758. The molecule has 2 N–H and O–H groups in total. The maximum Gasteiger partial charge on any atom is 0.251 e. The third-order valence-electron chi connectivity index (χ3n) is 3.90. The van der Waals surface area contributed by atoms with E-state index in [1.54, 1.807) is 29.5 Å². The standard InChI is InChI=1S/C19H20N2O2S/c1-13-10-11-24-17(13)12-20-18(22)9-4-14-2-5-15(6-3-14)19(23)21-16-7-8-16/h2-6,9-11,16H,7-8,12H2,1H3,(H,20,22)(H,21,23)/b9-4+. The van der Waals surface area contributed by atoms with Crippen molar-refractivity contribution < 1.29 is 9.59 Å². The summed E-state index contributed by atoms with van der Waals surface area (Å²) < 4.78 is 0. The number of benzene rings is 1. The van der Waals surface area contributed by atoms with Gasteiger partial charge in [-0.25, -0.2) is 0 Å². The average molecular weight is 340 g/mol. The van der Waals surface area contributed by atoms with E-state index in [1.165, 1.54) is 16.5 Å². The molecule has 3 rings (SSSR count). The minimum Gasteiger partial charge on any atom is -0.349 e. The van der Waals surface area contributed by atoms with Crippen molar-refractivity contribution in [2.24, 2.45) is 0 Å². The van der Waals surface area contributed by atoms with Crippen molar-refractivity contribution in [1.29, 1.82) is 0 Å². The van der Waals surface area contributed by atoms with Gasteiger partial charge in [0, 0.05) is 22.6 Å². The highest BCUT2D eigenvalue weighted by molar-refractivity contribution is 7.10. The van der Waals surface area contributed by atoms with Gasteiger partial charge in [0.15, 0.2) is 0 Å². The molecule has 24 heavy (non-hydrogen) atoms. The molecule has 1 aliphatic carbocycles. The lowest BCUT2D eigenvalue weighted by atomic mass is 10.1. The van der Waals surface area contributed by atoms with Gasteiger partial charge >= 0.3 is 0 Å². The van der Waals surface area contributed by atoms with Crippen LogP contribution in [0.4, 0.5) is 0 Å². The summed E-state index contributed by atoms with van der Waals surface area (Å²) in [5, 5.41) is 7.85. The van der Waals surface area contributed by atoms with E-state index in [9.17, 15) is 9.59 Å². The van der Waals surface area contributed by atoms with E-state index >= 15 is 0 Å². The monoisotopic (exact) mass is 340 g/mol. The molecule has 0 radical (unpaired) electrons. The van der Waals surface area contributed by atoms with Crippen LogP contribution in [0.25, 0.3) is 6.08 Å². The summed E-state index contributed by atoms with van der Waals surface area (Å²) in [5.74, 6) is -0.157. The van der Waals surface area contributed by atoms with Crippen molar-refractivity contribution >= 4 is 29.2 Å². The molecule has 1 aromatic heterocycles. The van der Waals surface area contributed by atoms with E-state index in [2.05, 4.69) is 10.6 Å². The Kier molecular flexibility index (Phi) is 5.11. The number of nitrogens with one attached hydrogen (secondary N) is 2. The number of hydrogen-bond donors (Lipinski definition) is 2. The topological polar surface area (TPSA) is 58.2 Å². The minimum atomic E-state index is -0.127. The van der Waals surface area contributed by atoms with Crippen LogP contribution in [0.1, 0.15) is 39.2 Å². The fourth-order valence-electron chi connectivity index (χ4n) is 2.23. The Morgan fingerprint density at radius 3 is 2.58 bits per heavy atom. The minimum absolute atomic E-state index is 0.0305. The van der Waals surface area contributed by atoms with Gasteiger partial charge in [-0.15, -0.1) is 11.3 Å². The first-order valence-electron chi connectivity index (χ1n) is 8.01. The molecule has 124 valence electrons. The van der Waals surface area contributed by atoms with Gasteiger partial charge in [-0.2, -0.15) is 0 Å². The van der Waals surface area contributed by atoms with Crippen LogP contribution in [-0.2, 0) is 11.3 Å². The van der Waals surface area contributed by atoms with Crippen molar-refractivity contribution in [3.63, 3.8) is 0 Å². The van der Waals surface area contributed by atoms with E-state index in [0.29, 0.717) is 18.2 Å². The number of aryl methyl sites for hydroxylation is 1. The zero-order chi connectivity index (χ0) is 16.9. The Hall–Kier alpha value is -2.40. The first-order chi connectivity index (χ1) is 11.6. The molecular formula is C19H20N2O2S. The van der Waals surface area contributed by atoms with Crippen LogP contribution in [0, 0.1) is 6.92 Å². The number of carbonyl (C=O) groups is 2. The van der Waals surface area contributed by atoms with E-state index < -0.39 is 0 Å². The summed E-state index contributed by atoms with van der Waals surface area (Å²) in [4.78, 5) is 24.9. The molecule has 5 heteroatoms. The lowest BCUT2D eigenvalue weighted by Crippen LogP contribution is -2.25. The van der Waals surface area contributed by atoms with Gasteiger partial charge in [-0.1, -0.05) is 12.1 Å². The van der Waals surface area contributed by atoms with Crippen LogP contribution in [0.2, 0.25) is 0 Å². The summed E-state index contributed by atoms with van der Waals surface area (Å²) in [7, 11) is 0. The maximum absolute atomic E-state index is 11.9. The zero-order valence-electron chi connectivity index (χ0n) is 13.5. The molecule has 0 unspecified atom stereocenters. The molecule has 0 spiro atoms. The van der Waals surface area contributed by atoms with Gasteiger partial charge in [0.1, 0.15) is 0 Å². The van der Waals surface area contributed by atoms with Gasteiger partial charge in [-0.3, -0.25) is 9.59 Å². The van der Waals surface area contributed by atoms with Crippen LogP contribution in [0.5, 0.6) is 0 Å². The van der Waals surface area contributed by atoms with Crippen molar-refractivity contribution in [1.82, 2.24) is 10.6 Å². The van der Waals surface area contributed by atoms with Gasteiger partial charge in [0.05, 0.1) is 6.54 Å². The fourth-order valence-corrected chi connectivity index (χ4v) is 3.07. The number of thiophene rings is 1. The molecular weight excluding hydrogens is 320 g/mol. The number of carbonyl (C=O) groups excluding carboxylic acids is 2. The molecule has 1 fully saturated rings. The molecule has 1 saturated carbocycles. The van der Waals surface area contributed by atoms with Gasteiger partial charge < -0.3 is 10.6 Å². The Morgan fingerprint density at radius 1 is 1.21 bits per heavy atom. The average Bonchev–Trinajstić information content (AvgIpc) is 3.31. The highest BCUT2D eigenvalue weighted by atomic mass is 32.1. The Balaban J connectivity index is 1.50. The normalized spacial score (nSPS) is 13.9. The molecule has 1 aromatic carbocycles. The first kappa shape index (κ1) is 16.5. The molecule has 2 amide bonds. The lowest BCUT2D eigenvalue weighted by molar-refractivity contribution is -0.116. The summed E-state index contributed by atoms with van der Waals surface area (Å²) in [5.41, 5.74) is 2.74. The second kappa shape index (κ2) is 7.45. The van der Waals surface area contributed by atoms with Crippen LogP contribution < -0.4 is 10.6 Å². The Labute approximate surface area is 145 Å². The second-order valence-electron chi connectivity index (χ2n) is 5.95. The largest absolute Gasteiger partial charge is 0.349 e. The van der Waals surface area contributed by atoms with Crippen LogP contribution in [-0.4, -0.2) is 17.9 Å². The Morgan fingerprint density at radius 2 is 1.96 bits per heavy atom. The van der Waals surface area contributed by atoms with Gasteiger partial charge in [-0.05, 0) is 60.5 Å². The van der Waals surface area contributed by atoms with Crippen LogP contribution in [0.3, 0.4) is 0 Å².